The first-order chi connectivity index (χ1) is 13.1. The number of hydrogen-bond acceptors (Lipinski definition) is 6. The zero-order valence-corrected chi connectivity index (χ0v) is 16.7. The summed E-state index contributed by atoms with van der Waals surface area (Å²) < 4.78 is 12.2. The maximum absolute atomic E-state index is 13.1. The van der Waals surface area contributed by atoms with Gasteiger partial charge in [0.1, 0.15) is 5.75 Å². The summed E-state index contributed by atoms with van der Waals surface area (Å²) in [4.78, 5) is 23.6. The first kappa shape index (κ1) is 17.7. The summed E-state index contributed by atoms with van der Waals surface area (Å²) in [6.45, 7) is 0.287. The van der Waals surface area contributed by atoms with Gasteiger partial charge in [0.05, 0.1) is 29.6 Å². The number of amides is 1. The lowest BCUT2D eigenvalue weighted by Gasteiger charge is -2.18. The number of thiazole rings is 1. The second kappa shape index (κ2) is 7.50. The Bertz CT molecular complexity index is 1090. The number of anilines is 1. The largest absolute Gasteiger partial charge is 0.497 e. The Morgan fingerprint density at radius 3 is 2.85 bits per heavy atom. The van der Waals surface area contributed by atoms with E-state index >= 15 is 0 Å². The van der Waals surface area contributed by atoms with Crippen LogP contribution >= 0.6 is 27.3 Å². The Hall–Kier alpha value is -2.71. The molecule has 1 amide bonds. The number of nitrogens with zero attached hydrogens (tertiary/aromatic N) is 3. The van der Waals surface area contributed by atoms with Crippen LogP contribution in [0.4, 0.5) is 5.13 Å². The van der Waals surface area contributed by atoms with E-state index in [-0.39, 0.29) is 18.2 Å². The molecule has 0 aliphatic carbocycles. The molecule has 0 aliphatic heterocycles. The fraction of sp³-hybridized carbons (Fsp3) is 0.105. The van der Waals surface area contributed by atoms with Gasteiger partial charge in [0.25, 0.3) is 5.91 Å². The summed E-state index contributed by atoms with van der Waals surface area (Å²) in [5, 5.41) is 0.571. The van der Waals surface area contributed by atoms with Gasteiger partial charge >= 0.3 is 0 Å². The SMILES string of the molecule is COc1ccc2nc(N(Cc3ccccn3)C(=O)c3ccc(Br)o3)sc2c1. The van der Waals surface area contributed by atoms with Crippen LogP contribution in [-0.2, 0) is 6.54 Å². The van der Waals surface area contributed by atoms with E-state index in [4.69, 9.17) is 9.15 Å². The Morgan fingerprint density at radius 2 is 2.15 bits per heavy atom. The number of furan rings is 1. The molecular formula is C19H14BrN3O3S. The highest BCUT2D eigenvalue weighted by molar-refractivity contribution is 9.10. The second-order valence-corrected chi connectivity index (χ2v) is 7.44. The number of pyridine rings is 1. The van der Waals surface area contributed by atoms with E-state index in [0.29, 0.717) is 9.80 Å². The van der Waals surface area contributed by atoms with E-state index in [1.165, 1.54) is 11.3 Å². The van der Waals surface area contributed by atoms with E-state index in [9.17, 15) is 4.79 Å². The maximum atomic E-state index is 13.1. The molecule has 8 heteroatoms. The van der Waals surface area contributed by atoms with Crippen LogP contribution < -0.4 is 9.64 Å². The highest BCUT2D eigenvalue weighted by Crippen LogP contribution is 2.33. The average molecular weight is 444 g/mol. The van der Waals surface area contributed by atoms with Crippen molar-refractivity contribution in [3.8, 4) is 5.75 Å². The van der Waals surface area contributed by atoms with Gasteiger partial charge in [-0.25, -0.2) is 4.98 Å². The molecule has 6 nitrogen and oxygen atoms in total. The fourth-order valence-corrected chi connectivity index (χ4v) is 3.88. The predicted octanol–water partition coefficient (Wildman–Crippen LogP) is 4.90. The van der Waals surface area contributed by atoms with Crippen LogP contribution in [0.1, 0.15) is 16.2 Å². The number of methoxy groups -OCH3 is 1. The predicted molar refractivity (Wildman–Crippen MR) is 107 cm³/mol. The lowest BCUT2D eigenvalue weighted by Crippen LogP contribution is -2.30. The van der Waals surface area contributed by atoms with Crippen LogP contribution in [0.3, 0.4) is 0 Å². The number of carbonyl (C=O) groups is 1. The van der Waals surface area contributed by atoms with Crippen LogP contribution in [0.25, 0.3) is 10.2 Å². The third-order valence-corrected chi connectivity index (χ3v) is 5.36. The molecule has 136 valence electrons. The van der Waals surface area contributed by atoms with Crippen molar-refractivity contribution >= 4 is 48.5 Å². The summed E-state index contributed by atoms with van der Waals surface area (Å²) in [5.41, 5.74) is 1.56. The Balaban J connectivity index is 1.75. The second-order valence-electron chi connectivity index (χ2n) is 5.65. The van der Waals surface area contributed by atoms with Crippen LogP contribution in [0.15, 0.2) is 63.8 Å². The molecule has 0 unspecified atom stereocenters. The smallest absolute Gasteiger partial charge is 0.296 e. The molecule has 0 atom stereocenters. The Morgan fingerprint density at radius 1 is 1.26 bits per heavy atom. The number of fused-ring (bicyclic) bond motifs is 1. The number of aromatic nitrogens is 2. The minimum Gasteiger partial charge on any atom is -0.497 e. The lowest BCUT2D eigenvalue weighted by molar-refractivity contribution is 0.0957. The van der Waals surface area contributed by atoms with Crippen molar-refractivity contribution in [3.05, 3.63) is 70.9 Å². The van der Waals surface area contributed by atoms with E-state index < -0.39 is 0 Å². The summed E-state index contributed by atoms with van der Waals surface area (Å²) >= 11 is 4.66. The van der Waals surface area contributed by atoms with Crippen molar-refractivity contribution in [2.45, 2.75) is 6.54 Å². The zero-order chi connectivity index (χ0) is 18.8. The molecule has 3 heterocycles. The lowest BCUT2D eigenvalue weighted by atomic mass is 10.3. The van der Waals surface area contributed by atoms with Crippen LogP contribution in [0, 0.1) is 0 Å². The van der Waals surface area contributed by atoms with Crippen molar-refractivity contribution in [1.29, 1.82) is 0 Å². The minimum atomic E-state index is -0.280. The summed E-state index contributed by atoms with van der Waals surface area (Å²) in [7, 11) is 1.62. The standard InChI is InChI=1S/C19H14BrN3O3S/c1-25-13-5-6-14-16(10-13)27-19(22-14)23(11-12-4-2-3-9-21-12)18(24)15-7-8-17(20)26-15/h2-10H,11H2,1H3. The maximum Gasteiger partial charge on any atom is 0.296 e. The molecule has 0 spiro atoms. The fourth-order valence-electron chi connectivity index (χ4n) is 2.58. The number of halogens is 1. The highest BCUT2D eigenvalue weighted by atomic mass is 79.9. The molecule has 0 saturated carbocycles. The molecular weight excluding hydrogens is 430 g/mol. The normalized spacial score (nSPS) is 10.9. The molecule has 0 fully saturated rings. The number of hydrogen-bond donors (Lipinski definition) is 0. The molecule has 0 aliphatic rings. The van der Waals surface area contributed by atoms with Gasteiger partial charge in [-0.2, -0.15) is 0 Å². The Kier molecular flexibility index (Phi) is 4.91. The average Bonchev–Trinajstić information content (AvgIpc) is 3.31. The van der Waals surface area contributed by atoms with Gasteiger partial charge in [-0.15, -0.1) is 0 Å². The van der Waals surface area contributed by atoms with E-state index in [2.05, 4.69) is 25.9 Å². The first-order valence-corrected chi connectivity index (χ1v) is 9.66. The van der Waals surface area contributed by atoms with Crippen LogP contribution in [0.2, 0.25) is 0 Å². The highest BCUT2D eigenvalue weighted by Gasteiger charge is 2.24. The van der Waals surface area contributed by atoms with Crippen molar-refractivity contribution in [1.82, 2.24) is 9.97 Å². The molecule has 0 radical (unpaired) electrons. The van der Waals surface area contributed by atoms with Gasteiger partial charge in [-0.1, -0.05) is 17.4 Å². The van der Waals surface area contributed by atoms with Crippen LogP contribution in [-0.4, -0.2) is 23.0 Å². The number of rotatable bonds is 5. The third kappa shape index (κ3) is 3.72. The van der Waals surface area contributed by atoms with E-state index in [1.807, 2.05) is 36.4 Å². The molecule has 4 aromatic rings. The van der Waals surface area contributed by atoms with Gasteiger partial charge in [0.15, 0.2) is 15.6 Å². The van der Waals surface area contributed by atoms with E-state index in [0.717, 1.165) is 21.7 Å². The van der Waals surface area contributed by atoms with Crippen molar-refractivity contribution in [3.63, 3.8) is 0 Å². The Labute approximate surface area is 167 Å². The molecule has 3 aromatic heterocycles. The molecule has 0 N–H and O–H groups in total. The van der Waals surface area contributed by atoms with Crippen molar-refractivity contribution in [2.24, 2.45) is 0 Å². The molecule has 27 heavy (non-hydrogen) atoms. The number of ether oxygens (including phenoxy) is 1. The van der Waals surface area contributed by atoms with Gasteiger partial charge in [0, 0.05) is 6.20 Å². The van der Waals surface area contributed by atoms with Gasteiger partial charge < -0.3 is 9.15 Å². The number of carbonyl (C=O) groups excluding carboxylic acids is 1. The van der Waals surface area contributed by atoms with E-state index in [1.54, 1.807) is 30.3 Å². The minimum absolute atomic E-state index is 0.231. The van der Waals surface area contributed by atoms with Gasteiger partial charge in [0.2, 0.25) is 0 Å². The first-order valence-electron chi connectivity index (χ1n) is 8.06. The third-order valence-electron chi connectivity index (χ3n) is 3.89. The topological polar surface area (TPSA) is 68.5 Å². The van der Waals surface area contributed by atoms with Crippen molar-refractivity contribution < 1.29 is 13.9 Å². The van der Waals surface area contributed by atoms with Crippen molar-refractivity contribution in [2.75, 3.05) is 12.0 Å². The van der Waals surface area contributed by atoms with Gasteiger partial charge in [-0.3, -0.25) is 14.7 Å². The molecule has 1 aromatic carbocycles. The zero-order valence-electron chi connectivity index (χ0n) is 14.3. The summed E-state index contributed by atoms with van der Waals surface area (Å²) in [6.07, 6.45) is 1.70. The molecule has 0 saturated heterocycles. The number of benzene rings is 1. The summed E-state index contributed by atoms with van der Waals surface area (Å²) in [5.74, 6) is 0.697. The monoisotopic (exact) mass is 443 g/mol. The van der Waals surface area contributed by atoms with Gasteiger partial charge in [-0.05, 0) is 58.4 Å². The quantitative estimate of drug-likeness (QED) is 0.438. The molecule has 0 bridgehead atoms. The van der Waals surface area contributed by atoms with Crippen LogP contribution in [0.5, 0.6) is 5.75 Å². The molecule has 4 rings (SSSR count). The summed E-state index contributed by atoms with van der Waals surface area (Å²) in [6, 6.07) is 14.5.